The molecule has 0 aliphatic heterocycles. The molecule has 0 aliphatic carbocycles. The third-order valence-corrected chi connectivity index (χ3v) is 5.96. The van der Waals surface area contributed by atoms with E-state index in [-0.39, 0.29) is 18.1 Å². The van der Waals surface area contributed by atoms with Gasteiger partial charge in [-0.15, -0.1) is 0 Å². The van der Waals surface area contributed by atoms with Crippen LogP contribution < -0.4 is 5.32 Å². The van der Waals surface area contributed by atoms with Gasteiger partial charge in [-0.25, -0.2) is 0 Å². The van der Waals surface area contributed by atoms with Crippen LogP contribution in [0.15, 0.2) is 30.3 Å². The van der Waals surface area contributed by atoms with Crippen LogP contribution in [0.2, 0.25) is 0 Å². The Labute approximate surface area is 127 Å². The predicted molar refractivity (Wildman–Crippen MR) is 84.3 cm³/mol. The Kier molecular flexibility index (Phi) is 6.57. The maximum atomic E-state index is 12.8. The van der Waals surface area contributed by atoms with Crippen LogP contribution in [0, 0.1) is 5.41 Å². The summed E-state index contributed by atoms with van der Waals surface area (Å²) in [4.78, 5) is 0. The summed E-state index contributed by atoms with van der Waals surface area (Å²) in [5, 5.41) is 12.9. The Morgan fingerprint density at radius 2 is 1.71 bits per heavy atom. The molecule has 0 fully saturated rings. The van der Waals surface area contributed by atoms with Gasteiger partial charge < -0.3 is 14.2 Å². The van der Waals surface area contributed by atoms with Crippen LogP contribution in [0.3, 0.4) is 0 Å². The summed E-state index contributed by atoms with van der Waals surface area (Å²) in [5.74, 6) is -0.544. The second kappa shape index (κ2) is 7.52. The molecule has 6 heteroatoms. The van der Waals surface area contributed by atoms with Crippen molar-refractivity contribution < 1.29 is 18.7 Å². The van der Waals surface area contributed by atoms with E-state index < -0.39 is 13.4 Å². The van der Waals surface area contributed by atoms with Gasteiger partial charge in [0, 0.05) is 14.2 Å². The van der Waals surface area contributed by atoms with Crippen LogP contribution in [0.5, 0.6) is 0 Å². The largest absolute Gasteiger partial charge is 0.394 e. The number of hydrogen-bond donors (Lipinski definition) is 2. The lowest BCUT2D eigenvalue weighted by Gasteiger charge is -2.37. The number of benzene rings is 1. The van der Waals surface area contributed by atoms with Crippen LogP contribution in [0.1, 0.15) is 32.4 Å². The Hall–Kier alpha value is -0.710. The molecule has 120 valence electrons. The summed E-state index contributed by atoms with van der Waals surface area (Å²) in [6.45, 7) is 5.75. The first-order valence-corrected chi connectivity index (χ1v) is 8.52. The topological polar surface area (TPSA) is 67.8 Å². The van der Waals surface area contributed by atoms with Gasteiger partial charge in [0.25, 0.3) is 0 Å². The molecule has 1 aromatic carbocycles. The van der Waals surface area contributed by atoms with E-state index in [1.54, 1.807) is 0 Å². The highest BCUT2D eigenvalue weighted by Gasteiger charge is 2.43. The Morgan fingerprint density at radius 1 is 1.19 bits per heavy atom. The molecular formula is C15H26NO4P. The number of aliphatic hydroxyl groups is 1. The van der Waals surface area contributed by atoms with Crippen LogP contribution in [0.4, 0.5) is 0 Å². The first-order valence-electron chi connectivity index (χ1n) is 6.91. The fourth-order valence-corrected chi connectivity index (χ4v) is 4.11. The Morgan fingerprint density at radius 3 is 2.10 bits per heavy atom. The van der Waals surface area contributed by atoms with Crippen LogP contribution in [-0.4, -0.2) is 31.7 Å². The molecule has 0 heterocycles. The summed E-state index contributed by atoms with van der Waals surface area (Å²) >= 11 is 0. The molecule has 2 N–H and O–H groups in total. The second-order valence-electron chi connectivity index (χ2n) is 5.99. The Bertz CT molecular complexity index is 464. The summed E-state index contributed by atoms with van der Waals surface area (Å²) in [5.41, 5.74) is 0.553. The first kappa shape index (κ1) is 18.3. The van der Waals surface area contributed by atoms with E-state index in [0.717, 1.165) is 5.56 Å². The van der Waals surface area contributed by atoms with E-state index in [4.69, 9.17) is 9.05 Å². The predicted octanol–water partition coefficient (Wildman–Crippen LogP) is 3.17. The maximum Gasteiger partial charge on any atom is 0.347 e. The third kappa shape index (κ3) is 4.63. The van der Waals surface area contributed by atoms with Gasteiger partial charge in [-0.3, -0.25) is 9.88 Å². The molecule has 21 heavy (non-hydrogen) atoms. The number of nitrogens with one attached hydrogen (secondary N) is 1. The fraction of sp³-hybridized carbons (Fsp3) is 0.600. The quantitative estimate of drug-likeness (QED) is 0.757. The van der Waals surface area contributed by atoms with Crippen molar-refractivity contribution >= 4 is 7.60 Å². The molecule has 0 spiro atoms. The number of rotatable bonds is 7. The Balaban J connectivity index is 3.09. The van der Waals surface area contributed by atoms with Gasteiger partial charge in [0.1, 0.15) is 5.78 Å². The van der Waals surface area contributed by atoms with Crippen molar-refractivity contribution in [3.8, 4) is 0 Å². The van der Waals surface area contributed by atoms with Crippen molar-refractivity contribution in [2.24, 2.45) is 5.41 Å². The monoisotopic (exact) mass is 315 g/mol. The third-order valence-electron chi connectivity index (χ3n) is 3.39. The molecule has 0 radical (unpaired) electrons. The lowest BCUT2D eigenvalue weighted by atomic mass is 9.95. The molecule has 0 unspecified atom stereocenters. The molecule has 0 saturated carbocycles. The van der Waals surface area contributed by atoms with Crippen LogP contribution >= 0.6 is 7.60 Å². The average molecular weight is 315 g/mol. The summed E-state index contributed by atoms with van der Waals surface area (Å²) in [6, 6.07) is 9.20. The minimum Gasteiger partial charge on any atom is -0.394 e. The van der Waals surface area contributed by atoms with Gasteiger partial charge in [-0.05, 0) is 11.0 Å². The average Bonchev–Trinajstić information content (AvgIpc) is 2.47. The van der Waals surface area contributed by atoms with E-state index in [1.807, 2.05) is 51.1 Å². The molecule has 0 aromatic heterocycles. The van der Waals surface area contributed by atoms with Crippen molar-refractivity contribution in [3.05, 3.63) is 35.9 Å². The van der Waals surface area contributed by atoms with E-state index in [9.17, 15) is 9.67 Å². The molecular weight excluding hydrogens is 289 g/mol. The lowest BCUT2D eigenvalue weighted by Crippen LogP contribution is -2.43. The van der Waals surface area contributed by atoms with E-state index in [0.29, 0.717) is 0 Å². The van der Waals surface area contributed by atoms with Crippen molar-refractivity contribution in [1.82, 2.24) is 5.32 Å². The van der Waals surface area contributed by atoms with Crippen molar-refractivity contribution in [2.75, 3.05) is 20.8 Å². The summed E-state index contributed by atoms with van der Waals surface area (Å²) in [6.07, 6.45) is 0. The zero-order valence-electron chi connectivity index (χ0n) is 13.4. The highest BCUT2D eigenvalue weighted by Crippen LogP contribution is 2.56. The maximum absolute atomic E-state index is 12.8. The highest BCUT2D eigenvalue weighted by molar-refractivity contribution is 7.54. The van der Waals surface area contributed by atoms with Crippen molar-refractivity contribution in [2.45, 2.75) is 32.6 Å². The van der Waals surface area contributed by atoms with E-state index >= 15 is 0 Å². The van der Waals surface area contributed by atoms with Crippen LogP contribution in [-0.2, 0) is 13.6 Å². The highest BCUT2D eigenvalue weighted by atomic mass is 31.2. The number of hydrogen-bond acceptors (Lipinski definition) is 5. The molecule has 5 nitrogen and oxygen atoms in total. The minimum atomic E-state index is -3.32. The summed E-state index contributed by atoms with van der Waals surface area (Å²) < 4.78 is 23.1. The second-order valence-corrected chi connectivity index (χ2v) is 8.31. The van der Waals surface area contributed by atoms with Gasteiger partial charge in [-0.2, -0.15) is 0 Å². The SMILES string of the molecule is COP(=O)(OC)[C@H](N[C@@H](CO)c1ccccc1)C(C)(C)C. The van der Waals surface area contributed by atoms with Gasteiger partial charge in [0.05, 0.1) is 12.6 Å². The van der Waals surface area contributed by atoms with Gasteiger partial charge in [-0.1, -0.05) is 51.1 Å². The van der Waals surface area contributed by atoms with Gasteiger partial charge in [0.15, 0.2) is 0 Å². The molecule has 0 saturated heterocycles. The van der Waals surface area contributed by atoms with Gasteiger partial charge >= 0.3 is 7.60 Å². The zero-order valence-corrected chi connectivity index (χ0v) is 14.3. The number of aliphatic hydroxyl groups excluding tert-OH is 1. The molecule has 1 aromatic rings. The smallest absolute Gasteiger partial charge is 0.347 e. The normalized spacial score (nSPS) is 15.7. The van der Waals surface area contributed by atoms with E-state index in [1.165, 1.54) is 14.2 Å². The zero-order chi connectivity index (χ0) is 16.1. The van der Waals surface area contributed by atoms with Crippen molar-refractivity contribution in [3.63, 3.8) is 0 Å². The minimum absolute atomic E-state index is 0.107. The molecule has 1 rings (SSSR count). The summed E-state index contributed by atoms with van der Waals surface area (Å²) in [7, 11) is -0.570. The van der Waals surface area contributed by atoms with Crippen molar-refractivity contribution in [1.29, 1.82) is 0 Å². The lowest BCUT2D eigenvalue weighted by molar-refractivity contribution is 0.185. The van der Waals surface area contributed by atoms with Gasteiger partial charge in [0.2, 0.25) is 0 Å². The van der Waals surface area contributed by atoms with Crippen LogP contribution in [0.25, 0.3) is 0 Å². The van der Waals surface area contributed by atoms with E-state index in [2.05, 4.69) is 5.32 Å². The molecule has 2 atom stereocenters. The molecule has 0 bridgehead atoms. The molecule has 0 aliphatic rings. The molecule has 0 amide bonds. The fourth-order valence-electron chi connectivity index (χ4n) is 2.23. The first-order chi connectivity index (χ1) is 9.78. The standard InChI is InChI=1S/C15H26NO4P/c1-15(2,3)14(21(18,19-4)20-5)16-13(11-17)12-9-7-6-8-10-12/h6-10,13-14,16-17H,11H2,1-5H3/t13-,14-/m0/s1.